The van der Waals surface area contributed by atoms with Gasteiger partial charge in [-0.1, -0.05) is 12.2 Å². The number of hydrogen-bond acceptors (Lipinski definition) is 3. The van der Waals surface area contributed by atoms with E-state index in [1.54, 1.807) is 0 Å². The van der Waals surface area contributed by atoms with Crippen molar-refractivity contribution in [3.05, 3.63) is 12.2 Å². The predicted octanol–water partition coefficient (Wildman–Crippen LogP) is -0.338. The van der Waals surface area contributed by atoms with E-state index >= 15 is 0 Å². The molecule has 2 amide bonds. The first-order valence-corrected chi connectivity index (χ1v) is 5.56. The summed E-state index contributed by atoms with van der Waals surface area (Å²) in [6, 6.07) is -0.823. The average Bonchev–Trinajstić information content (AvgIpc) is 2.26. The molecular weight excluding hydrogens is 206 g/mol. The van der Waals surface area contributed by atoms with Crippen molar-refractivity contribution < 1.29 is 9.59 Å². The van der Waals surface area contributed by atoms with Crippen molar-refractivity contribution in [3.63, 3.8) is 0 Å². The highest BCUT2D eigenvalue weighted by Crippen LogP contribution is 2.16. The Kier molecular flexibility index (Phi) is 4.98. The van der Waals surface area contributed by atoms with Crippen LogP contribution in [0.4, 0.5) is 0 Å². The molecular formula is C11H19N3O2. The van der Waals surface area contributed by atoms with E-state index in [0.29, 0.717) is 12.5 Å². The first kappa shape index (κ1) is 12.7. The van der Waals surface area contributed by atoms with Crippen molar-refractivity contribution in [3.8, 4) is 0 Å². The summed E-state index contributed by atoms with van der Waals surface area (Å²) in [5.41, 5.74) is 10.5. The highest BCUT2D eigenvalue weighted by molar-refractivity contribution is 5.87. The lowest BCUT2D eigenvalue weighted by Crippen LogP contribution is -2.44. The van der Waals surface area contributed by atoms with Crippen molar-refractivity contribution >= 4 is 11.8 Å². The third-order valence-corrected chi connectivity index (χ3v) is 2.70. The zero-order chi connectivity index (χ0) is 12.0. The number of carbonyl (C=O) groups excluding carboxylic acids is 2. The molecule has 2 atom stereocenters. The molecule has 16 heavy (non-hydrogen) atoms. The summed E-state index contributed by atoms with van der Waals surface area (Å²) in [4.78, 5) is 22.0. The van der Waals surface area contributed by atoms with Gasteiger partial charge >= 0.3 is 0 Å². The number of primary amides is 1. The second-order valence-electron chi connectivity index (χ2n) is 4.17. The third kappa shape index (κ3) is 4.44. The maximum atomic E-state index is 11.5. The molecule has 1 rings (SSSR count). The number of hydrogen-bond donors (Lipinski definition) is 3. The second kappa shape index (κ2) is 6.27. The van der Waals surface area contributed by atoms with Gasteiger partial charge in [-0.2, -0.15) is 0 Å². The molecule has 5 N–H and O–H groups in total. The molecule has 0 fully saturated rings. The lowest BCUT2D eigenvalue weighted by molar-refractivity contribution is -0.126. The standard InChI is InChI=1S/C11H19N3O2/c12-9(6-10(13)15)11(16)14-7-8-4-2-1-3-5-8/h1-2,8-9H,3-7,12H2,(H2,13,15)(H,14,16). The van der Waals surface area contributed by atoms with Gasteiger partial charge in [0.25, 0.3) is 0 Å². The van der Waals surface area contributed by atoms with Gasteiger partial charge in [0.2, 0.25) is 11.8 Å². The average molecular weight is 225 g/mol. The lowest BCUT2D eigenvalue weighted by Gasteiger charge is -2.19. The number of nitrogens with one attached hydrogen (secondary N) is 1. The van der Waals surface area contributed by atoms with Crippen molar-refractivity contribution in [2.75, 3.05) is 6.54 Å². The summed E-state index contributed by atoms with van der Waals surface area (Å²) in [5.74, 6) is -0.369. The first-order valence-electron chi connectivity index (χ1n) is 5.56. The number of rotatable bonds is 5. The Balaban J connectivity index is 2.23. The molecule has 0 bridgehead atoms. The lowest BCUT2D eigenvalue weighted by atomic mass is 9.94. The van der Waals surface area contributed by atoms with Gasteiger partial charge in [-0.15, -0.1) is 0 Å². The fourth-order valence-electron chi connectivity index (χ4n) is 1.73. The molecule has 5 nitrogen and oxygen atoms in total. The zero-order valence-electron chi connectivity index (χ0n) is 9.32. The van der Waals surface area contributed by atoms with Crippen LogP contribution in [0.15, 0.2) is 12.2 Å². The Bertz CT molecular complexity index is 289. The Morgan fingerprint density at radius 3 is 2.75 bits per heavy atom. The number of allylic oxidation sites excluding steroid dienone is 2. The molecule has 0 radical (unpaired) electrons. The van der Waals surface area contributed by atoms with Gasteiger partial charge < -0.3 is 16.8 Å². The van der Waals surface area contributed by atoms with E-state index < -0.39 is 11.9 Å². The summed E-state index contributed by atoms with van der Waals surface area (Å²) in [7, 11) is 0. The van der Waals surface area contributed by atoms with Gasteiger partial charge in [0.05, 0.1) is 12.5 Å². The minimum absolute atomic E-state index is 0.101. The van der Waals surface area contributed by atoms with Crippen molar-refractivity contribution in [1.82, 2.24) is 5.32 Å². The number of nitrogens with two attached hydrogens (primary N) is 2. The van der Waals surface area contributed by atoms with Crippen LogP contribution in [0.2, 0.25) is 0 Å². The molecule has 1 aliphatic carbocycles. The van der Waals surface area contributed by atoms with Crippen LogP contribution in [0.5, 0.6) is 0 Å². The van der Waals surface area contributed by atoms with Crippen LogP contribution in [0.1, 0.15) is 25.7 Å². The molecule has 0 aromatic heterocycles. The molecule has 0 saturated carbocycles. The molecule has 0 heterocycles. The van der Waals surface area contributed by atoms with Gasteiger partial charge in [-0.25, -0.2) is 0 Å². The van der Waals surface area contributed by atoms with E-state index in [2.05, 4.69) is 17.5 Å². The summed E-state index contributed by atoms with van der Waals surface area (Å²) < 4.78 is 0. The minimum Gasteiger partial charge on any atom is -0.370 e. The molecule has 0 aliphatic heterocycles. The van der Waals surface area contributed by atoms with Crippen LogP contribution in [-0.4, -0.2) is 24.4 Å². The smallest absolute Gasteiger partial charge is 0.237 e. The van der Waals surface area contributed by atoms with Crippen LogP contribution < -0.4 is 16.8 Å². The van der Waals surface area contributed by atoms with E-state index in [-0.39, 0.29) is 12.3 Å². The Labute approximate surface area is 95.2 Å². The summed E-state index contributed by atoms with van der Waals surface area (Å²) >= 11 is 0. The molecule has 90 valence electrons. The Morgan fingerprint density at radius 1 is 1.44 bits per heavy atom. The van der Waals surface area contributed by atoms with Gasteiger partial charge in [-0.3, -0.25) is 9.59 Å². The number of carbonyl (C=O) groups is 2. The SMILES string of the molecule is NC(=O)CC(N)C(=O)NCC1CC=CCC1. The van der Waals surface area contributed by atoms with Crippen LogP contribution >= 0.6 is 0 Å². The molecule has 2 unspecified atom stereocenters. The Morgan fingerprint density at radius 2 is 2.19 bits per heavy atom. The molecule has 1 aliphatic rings. The zero-order valence-corrected chi connectivity index (χ0v) is 9.32. The van der Waals surface area contributed by atoms with Crippen molar-refractivity contribution in [2.24, 2.45) is 17.4 Å². The van der Waals surface area contributed by atoms with E-state index in [1.165, 1.54) is 0 Å². The summed E-state index contributed by atoms with van der Waals surface area (Å²) in [6.45, 7) is 0.621. The van der Waals surface area contributed by atoms with Crippen molar-refractivity contribution in [2.45, 2.75) is 31.7 Å². The first-order chi connectivity index (χ1) is 7.59. The highest BCUT2D eigenvalue weighted by atomic mass is 16.2. The van der Waals surface area contributed by atoms with Gasteiger partial charge in [0.1, 0.15) is 0 Å². The van der Waals surface area contributed by atoms with Crippen LogP contribution in [0.25, 0.3) is 0 Å². The number of amides is 2. The monoisotopic (exact) mass is 225 g/mol. The molecule has 0 saturated heterocycles. The quantitative estimate of drug-likeness (QED) is 0.558. The van der Waals surface area contributed by atoms with Crippen LogP contribution in [0, 0.1) is 5.92 Å². The summed E-state index contributed by atoms with van der Waals surface area (Å²) in [5, 5.41) is 2.75. The van der Waals surface area contributed by atoms with Crippen molar-refractivity contribution in [1.29, 1.82) is 0 Å². The maximum Gasteiger partial charge on any atom is 0.237 e. The van der Waals surface area contributed by atoms with Gasteiger partial charge in [0, 0.05) is 6.54 Å². The maximum absolute atomic E-state index is 11.5. The van der Waals surface area contributed by atoms with E-state index in [4.69, 9.17) is 11.5 Å². The largest absolute Gasteiger partial charge is 0.370 e. The van der Waals surface area contributed by atoms with Crippen LogP contribution in [-0.2, 0) is 9.59 Å². The molecule has 0 aromatic carbocycles. The van der Waals surface area contributed by atoms with Crippen LogP contribution in [0.3, 0.4) is 0 Å². The molecule has 0 spiro atoms. The fraction of sp³-hybridized carbons (Fsp3) is 0.636. The summed E-state index contributed by atoms with van der Waals surface area (Å²) in [6.07, 6.45) is 7.32. The van der Waals surface area contributed by atoms with Gasteiger partial charge in [-0.05, 0) is 25.2 Å². The normalized spacial score (nSPS) is 21.4. The third-order valence-electron chi connectivity index (χ3n) is 2.70. The topological polar surface area (TPSA) is 98.2 Å². The molecule has 0 aromatic rings. The predicted molar refractivity (Wildman–Crippen MR) is 61.3 cm³/mol. The Hall–Kier alpha value is -1.36. The second-order valence-corrected chi connectivity index (χ2v) is 4.17. The van der Waals surface area contributed by atoms with E-state index in [9.17, 15) is 9.59 Å². The van der Waals surface area contributed by atoms with Gasteiger partial charge in [0.15, 0.2) is 0 Å². The minimum atomic E-state index is -0.823. The highest BCUT2D eigenvalue weighted by Gasteiger charge is 2.17. The van der Waals surface area contributed by atoms with E-state index in [0.717, 1.165) is 19.3 Å². The molecule has 5 heteroatoms. The fourth-order valence-corrected chi connectivity index (χ4v) is 1.73. The van der Waals surface area contributed by atoms with E-state index in [1.807, 2.05) is 0 Å².